The summed E-state index contributed by atoms with van der Waals surface area (Å²) in [5, 5.41) is 9.92. The number of hydrogen-bond acceptors (Lipinski definition) is 2. The molecule has 1 heterocycles. The molecule has 0 aliphatic rings. The van der Waals surface area contributed by atoms with Gasteiger partial charge in [0.2, 0.25) is 0 Å². The lowest BCUT2D eigenvalue weighted by molar-refractivity contribution is 0.469. The fraction of sp³-hybridized carbons (Fsp3) is 0. The third-order valence-electron chi connectivity index (χ3n) is 2.66. The number of halogens is 2. The summed E-state index contributed by atoms with van der Waals surface area (Å²) >= 11 is 0. The molecule has 0 amide bonds. The summed E-state index contributed by atoms with van der Waals surface area (Å²) in [7, 11) is 0. The van der Waals surface area contributed by atoms with E-state index in [4.69, 9.17) is 4.42 Å². The van der Waals surface area contributed by atoms with Crippen molar-refractivity contribution >= 4 is 11.0 Å². The molecule has 0 fully saturated rings. The van der Waals surface area contributed by atoms with Crippen molar-refractivity contribution in [2.45, 2.75) is 0 Å². The Labute approximate surface area is 101 Å². The van der Waals surface area contributed by atoms with Crippen LogP contribution in [0.4, 0.5) is 8.78 Å². The monoisotopic (exact) mass is 246 g/mol. The van der Waals surface area contributed by atoms with Gasteiger partial charge in [-0.1, -0.05) is 12.1 Å². The summed E-state index contributed by atoms with van der Waals surface area (Å²) in [4.78, 5) is 0. The summed E-state index contributed by atoms with van der Waals surface area (Å²) < 4.78 is 32.0. The second-order valence-electron chi connectivity index (χ2n) is 3.97. The molecule has 90 valence electrons. The highest BCUT2D eigenvalue weighted by Gasteiger charge is 2.11. The smallest absolute Gasteiger partial charge is 0.170 e. The highest BCUT2D eigenvalue weighted by molar-refractivity contribution is 5.83. The molecule has 1 N–H and O–H groups in total. The van der Waals surface area contributed by atoms with Crippen molar-refractivity contribution in [2.75, 3.05) is 0 Å². The Morgan fingerprint density at radius 2 is 1.83 bits per heavy atom. The quantitative estimate of drug-likeness (QED) is 0.701. The van der Waals surface area contributed by atoms with Crippen LogP contribution in [-0.4, -0.2) is 5.11 Å². The molecule has 2 aromatic carbocycles. The van der Waals surface area contributed by atoms with E-state index in [0.29, 0.717) is 16.7 Å². The zero-order chi connectivity index (χ0) is 12.7. The molecule has 0 radical (unpaired) electrons. The van der Waals surface area contributed by atoms with Gasteiger partial charge in [0.15, 0.2) is 11.4 Å². The van der Waals surface area contributed by atoms with Crippen molar-refractivity contribution in [1.82, 2.24) is 0 Å². The van der Waals surface area contributed by atoms with Gasteiger partial charge >= 0.3 is 0 Å². The first-order chi connectivity index (χ1) is 8.63. The number of hydrogen-bond donors (Lipinski definition) is 1. The highest BCUT2D eigenvalue weighted by Crippen LogP contribution is 2.31. The third-order valence-corrected chi connectivity index (χ3v) is 2.66. The molecule has 3 rings (SSSR count). The van der Waals surface area contributed by atoms with Crippen LogP contribution in [0.1, 0.15) is 0 Å². The Bertz CT molecular complexity index is 711. The summed E-state index contributed by atoms with van der Waals surface area (Å²) in [6.45, 7) is 0. The number of para-hydroxylation sites is 1. The minimum Gasteiger partial charge on any atom is -0.508 e. The molecule has 0 aliphatic carbocycles. The van der Waals surface area contributed by atoms with Gasteiger partial charge in [-0.25, -0.2) is 8.78 Å². The van der Waals surface area contributed by atoms with Gasteiger partial charge in [-0.2, -0.15) is 0 Å². The van der Waals surface area contributed by atoms with Crippen LogP contribution in [-0.2, 0) is 0 Å². The average Bonchev–Trinajstić information content (AvgIpc) is 2.73. The van der Waals surface area contributed by atoms with Crippen LogP contribution >= 0.6 is 0 Å². The number of benzene rings is 2. The molecule has 0 bridgehead atoms. The largest absolute Gasteiger partial charge is 0.508 e. The first kappa shape index (κ1) is 10.8. The van der Waals surface area contributed by atoms with Crippen LogP contribution in [0.3, 0.4) is 0 Å². The molecule has 1 aromatic heterocycles. The summed E-state index contributed by atoms with van der Waals surface area (Å²) in [6, 6.07) is 9.73. The number of rotatable bonds is 1. The number of phenolic OH excluding ortho intramolecular Hbond substituents is 1. The second-order valence-corrected chi connectivity index (χ2v) is 3.97. The van der Waals surface area contributed by atoms with Gasteiger partial charge in [0.05, 0.1) is 0 Å². The predicted octanol–water partition coefficient (Wildman–Crippen LogP) is 4.08. The fourth-order valence-corrected chi connectivity index (χ4v) is 1.89. The number of furan rings is 1. The molecule has 0 spiro atoms. The lowest BCUT2D eigenvalue weighted by Crippen LogP contribution is -1.78. The first-order valence-electron chi connectivity index (χ1n) is 5.31. The van der Waals surface area contributed by atoms with Crippen molar-refractivity contribution < 1.29 is 18.3 Å². The fourth-order valence-electron chi connectivity index (χ4n) is 1.89. The van der Waals surface area contributed by atoms with Crippen LogP contribution in [0.25, 0.3) is 22.3 Å². The Balaban J connectivity index is 2.22. The molecule has 2 nitrogen and oxygen atoms in total. The topological polar surface area (TPSA) is 33.4 Å². The van der Waals surface area contributed by atoms with Crippen LogP contribution < -0.4 is 0 Å². The number of fused-ring (bicyclic) bond motifs is 1. The lowest BCUT2D eigenvalue weighted by atomic mass is 10.1. The minimum atomic E-state index is -0.578. The van der Waals surface area contributed by atoms with Crippen molar-refractivity contribution in [1.29, 1.82) is 0 Å². The Morgan fingerprint density at radius 1 is 1.00 bits per heavy atom. The van der Waals surface area contributed by atoms with Gasteiger partial charge in [0.1, 0.15) is 17.3 Å². The van der Waals surface area contributed by atoms with Crippen molar-refractivity contribution in [3.05, 3.63) is 54.1 Å². The average molecular weight is 246 g/mol. The van der Waals surface area contributed by atoms with E-state index in [2.05, 4.69) is 0 Å². The van der Waals surface area contributed by atoms with Crippen LogP contribution in [0.2, 0.25) is 0 Å². The molecular formula is C14H8F2O2. The van der Waals surface area contributed by atoms with Gasteiger partial charge < -0.3 is 9.52 Å². The van der Waals surface area contributed by atoms with E-state index >= 15 is 0 Å². The van der Waals surface area contributed by atoms with E-state index in [-0.39, 0.29) is 11.3 Å². The highest BCUT2D eigenvalue weighted by atomic mass is 19.1. The van der Waals surface area contributed by atoms with Gasteiger partial charge in [-0.15, -0.1) is 0 Å². The normalized spacial score (nSPS) is 11.0. The van der Waals surface area contributed by atoms with Gasteiger partial charge in [-0.3, -0.25) is 0 Å². The molecule has 3 aromatic rings. The lowest BCUT2D eigenvalue weighted by Gasteiger charge is -1.98. The summed E-state index contributed by atoms with van der Waals surface area (Å²) in [5.41, 5.74) is 0.486. The summed E-state index contributed by atoms with van der Waals surface area (Å²) in [5.74, 6) is -0.943. The van der Waals surface area contributed by atoms with E-state index in [1.54, 1.807) is 18.2 Å². The summed E-state index contributed by atoms with van der Waals surface area (Å²) in [6.07, 6.45) is 0. The molecule has 0 unspecified atom stereocenters. The predicted molar refractivity (Wildman–Crippen MR) is 63.2 cm³/mol. The second kappa shape index (κ2) is 3.84. The maximum Gasteiger partial charge on any atom is 0.170 e. The maximum absolute atomic E-state index is 13.5. The van der Waals surface area contributed by atoms with Crippen molar-refractivity contribution in [3.8, 4) is 17.1 Å². The Morgan fingerprint density at radius 3 is 2.56 bits per heavy atom. The van der Waals surface area contributed by atoms with E-state index in [9.17, 15) is 13.9 Å². The van der Waals surface area contributed by atoms with Crippen LogP contribution in [0, 0.1) is 11.6 Å². The third kappa shape index (κ3) is 1.72. The Hall–Kier alpha value is -2.36. The minimum absolute atomic E-state index is 0.122. The molecule has 4 heteroatoms. The Kier molecular flexibility index (Phi) is 2.30. The van der Waals surface area contributed by atoms with Gasteiger partial charge in [-0.05, 0) is 24.3 Å². The molecular weight excluding hydrogens is 238 g/mol. The standard InChI is InChI=1S/C14H8F2O2/c15-10-4-9(5-11(17)7-10)13-6-8-2-1-3-12(16)14(8)18-13/h1-7,17H. The van der Waals surface area contributed by atoms with E-state index in [0.717, 1.165) is 6.07 Å². The zero-order valence-electron chi connectivity index (χ0n) is 9.15. The van der Waals surface area contributed by atoms with E-state index < -0.39 is 11.6 Å². The van der Waals surface area contributed by atoms with E-state index in [1.807, 2.05) is 0 Å². The number of phenols is 1. The first-order valence-corrected chi connectivity index (χ1v) is 5.31. The molecule has 0 atom stereocenters. The molecule has 0 saturated carbocycles. The molecule has 0 saturated heterocycles. The maximum atomic E-state index is 13.5. The zero-order valence-corrected chi connectivity index (χ0v) is 9.15. The van der Waals surface area contributed by atoms with Crippen LogP contribution in [0.15, 0.2) is 46.9 Å². The SMILES string of the molecule is Oc1cc(F)cc(-c2cc3cccc(F)c3o2)c1. The molecule has 18 heavy (non-hydrogen) atoms. The van der Waals surface area contributed by atoms with Crippen molar-refractivity contribution in [3.63, 3.8) is 0 Å². The van der Waals surface area contributed by atoms with Gasteiger partial charge in [0.25, 0.3) is 0 Å². The molecule has 0 aliphatic heterocycles. The van der Waals surface area contributed by atoms with Crippen LogP contribution in [0.5, 0.6) is 5.75 Å². The van der Waals surface area contributed by atoms with E-state index in [1.165, 1.54) is 18.2 Å². The van der Waals surface area contributed by atoms with Gasteiger partial charge in [0, 0.05) is 17.0 Å². The number of aromatic hydroxyl groups is 1. The van der Waals surface area contributed by atoms with Crippen molar-refractivity contribution in [2.24, 2.45) is 0 Å².